The van der Waals surface area contributed by atoms with Gasteiger partial charge in [-0.15, -0.1) is 0 Å². The number of aromatic nitrogens is 8. The number of alkyl halides is 1. The number of aryl methyl sites for hydroxylation is 2. The SMILES string of the molecule is Cc1cc(N)nc(C)c1CNC(=O)c1cn(Cc2ccc3ncc(Cl)cc3c2)c2ccncc12.Ic1c[nH]c2ccncc12.[2H]CF.c1cc2[nH]ccc2cn1. The molecule has 0 atom stereocenters. The normalized spacial score (nSPS) is 10.9. The van der Waals surface area contributed by atoms with Crippen molar-refractivity contribution in [2.75, 3.05) is 12.9 Å². The number of amides is 1. The first kappa shape index (κ1) is 37.4. The second-order valence-electron chi connectivity index (χ2n) is 12.4. The number of nitrogens with zero attached hydrogens (tertiary/aromatic N) is 6. The third-order valence-corrected chi connectivity index (χ3v) is 9.88. The molecule has 55 heavy (non-hydrogen) atoms. The number of nitrogens with two attached hydrogens (primary N) is 1. The average molecular weight is 868 g/mol. The molecule has 8 heterocycles. The number of pyridine rings is 5. The predicted molar refractivity (Wildman–Crippen MR) is 227 cm³/mol. The summed E-state index contributed by atoms with van der Waals surface area (Å²) in [4.78, 5) is 40.3. The number of halogens is 3. The van der Waals surface area contributed by atoms with E-state index in [1.807, 2.05) is 93.4 Å². The Kier molecular flexibility index (Phi) is 12.2. The molecule has 0 aliphatic heterocycles. The van der Waals surface area contributed by atoms with E-state index in [-0.39, 0.29) is 5.91 Å². The molecule has 0 aliphatic carbocycles. The third-order valence-electron chi connectivity index (χ3n) is 8.78. The number of benzene rings is 1. The van der Waals surface area contributed by atoms with Gasteiger partial charge >= 0.3 is 0 Å². The quantitative estimate of drug-likeness (QED) is 0.126. The number of hydrogen-bond donors (Lipinski definition) is 4. The van der Waals surface area contributed by atoms with Gasteiger partial charge in [-0.3, -0.25) is 29.1 Å². The first-order chi connectivity index (χ1) is 27.1. The van der Waals surface area contributed by atoms with Gasteiger partial charge in [0.1, 0.15) is 5.82 Å². The molecule has 0 fully saturated rings. The van der Waals surface area contributed by atoms with Gasteiger partial charge in [-0.1, -0.05) is 17.7 Å². The van der Waals surface area contributed by atoms with Gasteiger partial charge in [-0.05, 0) is 102 Å². The average Bonchev–Trinajstić information content (AvgIpc) is 3.93. The summed E-state index contributed by atoms with van der Waals surface area (Å²) in [6.45, 7) is 4.83. The Morgan fingerprint density at radius 3 is 2.45 bits per heavy atom. The van der Waals surface area contributed by atoms with Gasteiger partial charge in [0, 0.05) is 117 Å². The van der Waals surface area contributed by atoms with Crippen LogP contribution in [0.15, 0.2) is 117 Å². The second kappa shape index (κ2) is 17.9. The largest absolute Gasteiger partial charge is 0.384 e. The van der Waals surface area contributed by atoms with Crippen LogP contribution in [0.5, 0.6) is 0 Å². The van der Waals surface area contributed by atoms with E-state index in [0.29, 0.717) is 29.5 Å². The summed E-state index contributed by atoms with van der Waals surface area (Å²) in [5, 5.41) is 7.77. The van der Waals surface area contributed by atoms with E-state index >= 15 is 0 Å². The van der Waals surface area contributed by atoms with Crippen LogP contribution in [0.1, 0.15) is 34.1 Å². The van der Waals surface area contributed by atoms with Gasteiger partial charge in [0.25, 0.3) is 5.91 Å². The van der Waals surface area contributed by atoms with Crippen LogP contribution in [0.3, 0.4) is 0 Å². The minimum atomic E-state index is -1.00. The first-order valence-corrected chi connectivity index (χ1v) is 18.4. The lowest BCUT2D eigenvalue weighted by Gasteiger charge is -2.11. The Balaban J connectivity index is 0.000000193. The fraction of sp³-hybridized carbons (Fsp3) is 0.122. The molecule has 9 rings (SSSR count). The predicted octanol–water partition coefficient (Wildman–Crippen LogP) is 9.13. The molecule has 0 saturated heterocycles. The summed E-state index contributed by atoms with van der Waals surface area (Å²) in [7, 11) is -1.00. The van der Waals surface area contributed by atoms with E-state index < -0.39 is 7.15 Å². The topological polar surface area (TPSA) is 156 Å². The molecule has 1 amide bonds. The zero-order valence-corrected chi connectivity index (χ0v) is 32.8. The number of nitrogen functional groups attached to an aromatic ring is 1. The smallest absolute Gasteiger partial charge is 0.253 e. The van der Waals surface area contributed by atoms with Crippen molar-refractivity contribution in [1.82, 2.24) is 44.8 Å². The van der Waals surface area contributed by atoms with Gasteiger partial charge in [-0.2, -0.15) is 0 Å². The number of rotatable bonds is 5. The highest BCUT2D eigenvalue weighted by Crippen LogP contribution is 2.24. The fourth-order valence-electron chi connectivity index (χ4n) is 6.14. The zero-order valence-electron chi connectivity index (χ0n) is 30.9. The Bertz CT molecular complexity index is 2700. The van der Waals surface area contributed by atoms with Crippen molar-refractivity contribution in [3.05, 3.63) is 153 Å². The third kappa shape index (κ3) is 9.24. The molecule has 0 unspecified atom stereocenters. The van der Waals surface area contributed by atoms with Crippen molar-refractivity contribution in [2.24, 2.45) is 0 Å². The lowest BCUT2D eigenvalue weighted by atomic mass is 10.1. The number of fused-ring (bicyclic) bond motifs is 4. The minimum absolute atomic E-state index is 0.165. The van der Waals surface area contributed by atoms with E-state index in [9.17, 15) is 9.18 Å². The fourth-order valence-corrected chi connectivity index (χ4v) is 6.89. The molecule has 5 N–H and O–H groups in total. The molecule has 11 nitrogen and oxygen atoms in total. The van der Waals surface area contributed by atoms with Crippen molar-refractivity contribution in [1.29, 1.82) is 0 Å². The summed E-state index contributed by atoms with van der Waals surface area (Å²) >= 11 is 8.40. The Morgan fingerprint density at radius 1 is 0.945 bits per heavy atom. The van der Waals surface area contributed by atoms with Crippen LogP contribution in [-0.4, -0.2) is 52.5 Å². The minimum Gasteiger partial charge on any atom is -0.384 e. The molecule has 8 aromatic heterocycles. The molecule has 0 radical (unpaired) electrons. The molecule has 0 aliphatic rings. The Morgan fingerprint density at radius 2 is 1.69 bits per heavy atom. The van der Waals surface area contributed by atoms with Crippen LogP contribution in [0, 0.1) is 17.4 Å². The molecule has 0 saturated carbocycles. The number of anilines is 1. The van der Waals surface area contributed by atoms with E-state index in [2.05, 4.69) is 73.4 Å². The van der Waals surface area contributed by atoms with Crippen molar-refractivity contribution < 1.29 is 10.6 Å². The summed E-state index contributed by atoms with van der Waals surface area (Å²) < 4.78 is 18.8. The zero-order chi connectivity index (χ0) is 39.6. The molecule has 0 spiro atoms. The van der Waals surface area contributed by atoms with Crippen LogP contribution in [-0.2, 0) is 13.1 Å². The molecule has 0 bridgehead atoms. The van der Waals surface area contributed by atoms with Gasteiger partial charge in [-0.25, -0.2) is 4.98 Å². The number of nitrogens with one attached hydrogen (secondary N) is 3. The molecule has 1 aromatic carbocycles. The highest BCUT2D eigenvalue weighted by molar-refractivity contribution is 14.1. The van der Waals surface area contributed by atoms with Crippen molar-refractivity contribution in [2.45, 2.75) is 26.9 Å². The van der Waals surface area contributed by atoms with Crippen molar-refractivity contribution in [3.8, 4) is 0 Å². The standard InChI is InChI=1S/C26H23ClN6O.C7H5IN2.C7H6N2.CH3F/c1-15-7-25(28)32-16(2)20(15)12-31-26(34)22-14-33(24-5-6-29-11-21(22)24)13-17-3-4-23-18(8-17)9-19(27)10-30-23;8-6-4-10-7-1-2-9-3-5(6)7;1-4-9-7-2-3-8-5-6(1)7;1-2/h3-11,14H,12-13H2,1-2H3,(H2,28,32)(H,31,34);1-4,10H;1-5,9H;1H3/i;;;1D. The lowest BCUT2D eigenvalue weighted by Crippen LogP contribution is -2.24. The Hall–Kier alpha value is -5.93. The van der Waals surface area contributed by atoms with E-state index in [0.717, 1.165) is 60.6 Å². The maximum atomic E-state index is 13.2. The maximum Gasteiger partial charge on any atom is 0.253 e. The van der Waals surface area contributed by atoms with E-state index in [1.54, 1.807) is 31.0 Å². The van der Waals surface area contributed by atoms with Crippen molar-refractivity contribution >= 4 is 89.5 Å². The summed E-state index contributed by atoms with van der Waals surface area (Å²) in [6, 6.07) is 17.7. The number of carbonyl (C=O) groups is 1. The van der Waals surface area contributed by atoms with Crippen LogP contribution in [0.4, 0.5) is 10.2 Å². The monoisotopic (exact) mass is 867 g/mol. The summed E-state index contributed by atoms with van der Waals surface area (Å²) in [6.07, 6.45) is 18.1. The van der Waals surface area contributed by atoms with Crippen LogP contribution >= 0.6 is 34.2 Å². The lowest BCUT2D eigenvalue weighted by molar-refractivity contribution is 0.0952. The van der Waals surface area contributed by atoms with Gasteiger partial charge in [0.15, 0.2) is 0 Å². The Labute approximate surface area is 336 Å². The van der Waals surface area contributed by atoms with Crippen LogP contribution < -0.4 is 11.1 Å². The van der Waals surface area contributed by atoms with Gasteiger partial charge in [0.05, 0.1) is 30.1 Å². The maximum absolute atomic E-state index is 13.2. The summed E-state index contributed by atoms with van der Waals surface area (Å²) in [5.41, 5.74) is 14.4. The first-order valence-electron chi connectivity index (χ1n) is 17.6. The molecule has 14 heteroatoms. The highest BCUT2D eigenvalue weighted by Gasteiger charge is 2.17. The molecule has 278 valence electrons. The van der Waals surface area contributed by atoms with E-state index in [1.165, 1.54) is 8.96 Å². The van der Waals surface area contributed by atoms with Gasteiger partial charge < -0.3 is 25.6 Å². The molecular formula is C41H37ClFIN10O. The van der Waals surface area contributed by atoms with Crippen LogP contribution in [0.2, 0.25) is 5.02 Å². The van der Waals surface area contributed by atoms with Crippen molar-refractivity contribution in [3.63, 3.8) is 0 Å². The van der Waals surface area contributed by atoms with E-state index in [4.69, 9.17) is 18.7 Å². The molecule has 9 aromatic rings. The number of carbonyl (C=O) groups excluding carboxylic acids is 1. The summed E-state index contributed by atoms with van der Waals surface area (Å²) in [5.74, 6) is 0.313. The second-order valence-corrected chi connectivity index (χ2v) is 14.0. The molecular weight excluding hydrogens is 830 g/mol. The number of hydrogen-bond acceptors (Lipinski definition) is 7. The van der Waals surface area contributed by atoms with Crippen LogP contribution in [0.25, 0.3) is 43.6 Å². The highest BCUT2D eigenvalue weighted by atomic mass is 127. The van der Waals surface area contributed by atoms with Gasteiger partial charge in [0.2, 0.25) is 0 Å². The number of H-pyrrole nitrogens is 2. The number of aromatic amines is 2.